The van der Waals surface area contributed by atoms with E-state index in [1.165, 1.54) is 63.4 Å². The summed E-state index contributed by atoms with van der Waals surface area (Å²) in [6.45, 7) is 8.85. The number of aromatic nitrogens is 3. The normalized spacial score (nSPS) is 15.5. The highest BCUT2D eigenvalue weighted by molar-refractivity contribution is 7.26. The van der Waals surface area contributed by atoms with Crippen LogP contribution in [0.25, 0.3) is 42.5 Å². The first-order valence-electron chi connectivity index (χ1n) is 12.5. The first kappa shape index (κ1) is 21.7. The Morgan fingerprint density at radius 3 is 2.50 bits per heavy atom. The summed E-state index contributed by atoms with van der Waals surface area (Å²) in [7, 11) is 0. The molecule has 3 nitrogen and oxygen atoms in total. The van der Waals surface area contributed by atoms with Crippen molar-refractivity contribution < 1.29 is 0 Å². The molecule has 34 heavy (non-hydrogen) atoms. The lowest BCUT2D eigenvalue weighted by Gasteiger charge is -2.22. The van der Waals surface area contributed by atoms with Gasteiger partial charge in [-0.15, -0.1) is 11.3 Å². The number of fused-ring (bicyclic) bond motifs is 4. The van der Waals surface area contributed by atoms with Crippen molar-refractivity contribution in [3.05, 3.63) is 65.6 Å². The highest BCUT2D eigenvalue weighted by Gasteiger charge is 2.22. The van der Waals surface area contributed by atoms with Gasteiger partial charge in [0.1, 0.15) is 6.33 Å². The number of aryl methyl sites for hydroxylation is 1. The summed E-state index contributed by atoms with van der Waals surface area (Å²) in [4.78, 5) is 14.4. The van der Waals surface area contributed by atoms with E-state index in [0.717, 1.165) is 28.0 Å². The number of pyridine rings is 1. The van der Waals surface area contributed by atoms with Gasteiger partial charge < -0.3 is 0 Å². The summed E-state index contributed by atoms with van der Waals surface area (Å²) in [6, 6.07) is 15.9. The Labute approximate surface area is 205 Å². The van der Waals surface area contributed by atoms with E-state index in [1.54, 1.807) is 6.33 Å². The maximum absolute atomic E-state index is 4.90. The zero-order chi connectivity index (χ0) is 23.4. The molecular formula is C30H31N3S. The van der Waals surface area contributed by atoms with E-state index in [0.29, 0.717) is 5.92 Å². The summed E-state index contributed by atoms with van der Waals surface area (Å²) in [5.74, 6) is 0.708. The third-order valence-corrected chi connectivity index (χ3v) is 8.51. The van der Waals surface area contributed by atoms with Crippen LogP contribution < -0.4 is 0 Å². The van der Waals surface area contributed by atoms with Gasteiger partial charge in [0.25, 0.3) is 0 Å². The van der Waals surface area contributed by atoms with Crippen LogP contribution >= 0.6 is 11.3 Å². The van der Waals surface area contributed by atoms with Crippen molar-refractivity contribution in [3.8, 4) is 11.3 Å². The fraction of sp³-hybridized carbons (Fsp3) is 0.367. The standard InChI is InChI=1S/C30H31N3S/c1-18-10-11-21-14-22(15-24(26(21)33-18)30(2,3)4)27-29-28(32-17-31-27)23-13-12-20(16-25(23)34-29)19-8-6-5-7-9-19/h10-17,19H,5-9H2,1-4H3. The Kier molecular flexibility index (Phi) is 5.18. The fourth-order valence-corrected chi connectivity index (χ4v) is 6.74. The van der Waals surface area contributed by atoms with E-state index in [4.69, 9.17) is 15.0 Å². The van der Waals surface area contributed by atoms with Gasteiger partial charge in [-0.1, -0.05) is 58.2 Å². The highest BCUT2D eigenvalue weighted by Crippen LogP contribution is 2.42. The van der Waals surface area contributed by atoms with Gasteiger partial charge in [-0.25, -0.2) is 9.97 Å². The van der Waals surface area contributed by atoms with Crippen LogP contribution in [-0.4, -0.2) is 15.0 Å². The molecule has 0 bridgehead atoms. The molecular weight excluding hydrogens is 434 g/mol. The van der Waals surface area contributed by atoms with Crippen molar-refractivity contribution in [1.82, 2.24) is 15.0 Å². The number of thiophene rings is 1. The lowest BCUT2D eigenvalue weighted by atomic mass is 9.83. The molecule has 3 aromatic heterocycles. The first-order chi connectivity index (χ1) is 16.4. The van der Waals surface area contributed by atoms with Gasteiger partial charge in [-0.2, -0.15) is 0 Å². The van der Waals surface area contributed by atoms with Crippen molar-refractivity contribution in [1.29, 1.82) is 0 Å². The number of rotatable bonds is 2. The molecule has 6 rings (SSSR count). The number of hydrogen-bond donors (Lipinski definition) is 0. The van der Waals surface area contributed by atoms with Crippen molar-refractivity contribution >= 4 is 42.5 Å². The molecule has 4 heteroatoms. The summed E-state index contributed by atoms with van der Waals surface area (Å²) in [5, 5.41) is 2.41. The fourth-order valence-electron chi connectivity index (χ4n) is 5.53. The van der Waals surface area contributed by atoms with Crippen molar-refractivity contribution in [2.75, 3.05) is 0 Å². The van der Waals surface area contributed by atoms with Crippen molar-refractivity contribution in [2.24, 2.45) is 0 Å². The van der Waals surface area contributed by atoms with E-state index in [2.05, 4.69) is 70.2 Å². The Hall–Kier alpha value is -2.85. The Morgan fingerprint density at radius 1 is 0.882 bits per heavy atom. The molecule has 2 aromatic carbocycles. The van der Waals surface area contributed by atoms with E-state index in [1.807, 2.05) is 11.3 Å². The Bertz CT molecular complexity index is 1530. The second-order valence-corrected chi connectivity index (χ2v) is 11.9. The maximum Gasteiger partial charge on any atom is 0.116 e. The van der Waals surface area contributed by atoms with Gasteiger partial charge in [0.15, 0.2) is 0 Å². The maximum atomic E-state index is 4.90. The van der Waals surface area contributed by atoms with Gasteiger partial charge in [0, 0.05) is 26.7 Å². The monoisotopic (exact) mass is 465 g/mol. The molecule has 3 heterocycles. The van der Waals surface area contributed by atoms with Crippen LogP contribution in [0.4, 0.5) is 0 Å². The van der Waals surface area contributed by atoms with Crippen LogP contribution in [0.3, 0.4) is 0 Å². The minimum absolute atomic E-state index is 0.0176. The van der Waals surface area contributed by atoms with Crippen molar-refractivity contribution in [3.63, 3.8) is 0 Å². The topological polar surface area (TPSA) is 38.7 Å². The smallest absolute Gasteiger partial charge is 0.116 e. The lowest BCUT2D eigenvalue weighted by Crippen LogP contribution is -2.13. The van der Waals surface area contributed by atoms with Crippen LogP contribution in [0.1, 0.15) is 75.6 Å². The summed E-state index contributed by atoms with van der Waals surface area (Å²) >= 11 is 1.84. The molecule has 0 saturated heterocycles. The average molecular weight is 466 g/mol. The minimum Gasteiger partial charge on any atom is -0.253 e. The molecule has 1 fully saturated rings. The number of benzene rings is 2. The molecule has 0 unspecified atom stereocenters. The zero-order valence-corrected chi connectivity index (χ0v) is 21.3. The molecule has 5 aromatic rings. The van der Waals surface area contributed by atoms with E-state index in [9.17, 15) is 0 Å². The van der Waals surface area contributed by atoms with Crippen LogP contribution in [0.15, 0.2) is 48.8 Å². The molecule has 0 radical (unpaired) electrons. The van der Waals surface area contributed by atoms with Gasteiger partial charge >= 0.3 is 0 Å². The Balaban J connectivity index is 1.55. The predicted molar refractivity (Wildman–Crippen MR) is 145 cm³/mol. The third kappa shape index (κ3) is 3.69. The SMILES string of the molecule is Cc1ccc2cc(-c3ncnc4c3sc3cc(C5CCCCC5)ccc34)cc(C(C)(C)C)c2n1. The van der Waals surface area contributed by atoms with Gasteiger partial charge in [-0.3, -0.25) is 4.98 Å². The molecule has 0 spiro atoms. The predicted octanol–water partition coefficient (Wildman–Crippen LogP) is 8.71. The van der Waals surface area contributed by atoms with Crippen molar-refractivity contribution in [2.45, 2.75) is 71.1 Å². The molecule has 1 aliphatic carbocycles. The third-order valence-electron chi connectivity index (χ3n) is 7.37. The van der Waals surface area contributed by atoms with E-state index in [-0.39, 0.29) is 5.41 Å². The Morgan fingerprint density at radius 2 is 1.71 bits per heavy atom. The molecule has 0 aliphatic heterocycles. The quantitative estimate of drug-likeness (QED) is 0.262. The molecule has 0 atom stereocenters. The highest BCUT2D eigenvalue weighted by atomic mass is 32.1. The number of hydrogen-bond acceptors (Lipinski definition) is 4. The second-order valence-electron chi connectivity index (χ2n) is 10.9. The second kappa shape index (κ2) is 8.13. The van der Waals surface area contributed by atoms with E-state index >= 15 is 0 Å². The summed E-state index contributed by atoms with van der Waals surface area (Å²) in [6.07, 6.45) is 8.48. The molecule has 1 saturated carbocycles. The molecule has 1 aliphatic rings. The lowest BCUT2D eigenvalue weighted by molar-refractivity contribution is 0.444. The minimum atomic E-state index is -0.0176. The zero-order valence-electron chi connectivity index (χ0n) is 20.5. The van der Waals surface area contributed by atoms with Crippen LogP contribution in [0.2, 0.25) is 0 Å². The molecule has 0 N–H and O–H groups in total. The van der Waals surface area contributed by atoms with Gasteiger partial charge in [-0.05, 0) is 66.5 Å². The van der Waals surface area contributed by atoms with Gasteiger partial charge in [0.05, 0.1) is 21.4 Å². The first-order valence-corrected chi connectivity index (χ1v) is 13.3. The van der Waals surface area contributed by atoms with E-state index < -0.39 is 0 Å². The number of nitrogens with zero attached hydrogens (tertiary/aromatic N) is 3. The van der Waals surface area contributed by atoms with Crippen LogP contribution in [-0.2, 0) is 5.41 Å². The van der Waals surface area contributed by atoms with Crippen LogP contribution in [0.5, 0.6) is 0 Å². The molecule has 172 valence electrons. The summed E-state index contributed by atoms with van der Waals surface area (Å²) in [5.41, 5.74) is 8.12. The average Bonchev–Trinajstić information content (AvgIpc) is 3.21. The largest absolute Gasteiger partial charge is 0.253 e. The van der Waals surface area contributed by atoms with Crippen LogP contribution in [0, 0.1) is 6.92 Å². The molecule has 0 amide bonds. The van der Waals surface area contributed by atoms with Gasteiger partial charge in [0.2, 0.25) is 0 Å². The summed E-state index contributed by atoms with van der Waals surface area (Å²) < 4.78 is 2.51.